The zero-order chi connectivity index (χ0) is 15.8. The third kappa shape index (κ3) is 4.82. The van der Waals surface area contributed by atoms with Crippen molar-refractivity contribution in [1.29, 1.82) is 0 Å². The van der Waals surface area contributed by atoms with Crippen molar-refractivity contribution in [2.45, 2.75) is 19.1 Å². The number of nitrogens with one attached hydrogen (secondary N) is 1. The molecule has 1 aromatic rings. The van der Waals surface area contributed by atoms with Gasteiger partial charge in [0.25, 0.3) is 0 Å². The molecule has 120 valence electrons. The molecule has 6 nitrogen and oxygen atoms in total. The van der Waals surface area contributed by atoms with Crippen molar-refractivity contribution in [2.75, 3.05) is 33.4 Å². The number of rotatable bonds is 7. The highest BCUT2D eigenvalue weighted by atomic mass is 16.5. The summed E-state index contributed by atoms with van der Waals surface area (Å²) >= 11 is 0. The highest BCUT2D eigenvalue weighted by molar-refractivity contribution is 5.87. The van der Waals surface area contributed by atoms with Crippen LogP contribution >= 0.6 is 0 Å². The molecule has 0 saturated carbocycles. The maximum atomic E-state index is 12.2. The highest BCUT2D eigenvalue weighted by Crippen LogP contribution is 2.08. The highest BCUT2D eigenvalue weighted by Gasteiger charge is 2.30. The van der Waals surface area contributed by atoms with E-state index in [-0.39, 0.29) is 24.9 Å². The van der Waals surface area contributed by atoms with Crippen LogP contribution in [0.3, 0.4) is 0 Å². The Balaban J connectivity index is 1.79. The Bertz CT molecular complexity index is 492. The number of benzene rings is 1. The van der Waals surface area contributed by atoms with Crippen LogP contribution in [0.25, 0.3) is 0 Å². The van der Waals surface area contributed by atoms with E-state index < -0.39 is 6.04 Å². The fourth-order valence-corrected chi connectivity index (χ4v) is 2.34. The van der Waals surface area contributed by atoms with Gasteiger partial charge in [-0.2, -0.15) is 0 Å². The van der Waals surface area contributed by atoms with E-state index in [0.717, 1.165) is 5.56 Å². The number of esters is 1. The van der Waals surface area contributed by atoms with Gasteiger partial charge >= 0.3 is 5.97 Å². The second kappa shape index (κ2) is 8.51. The second-order valence-corrected chi connectivity index (χ2v) is 5.18. The Hall–Kier alpha value is -1.92. The maximum absolute atomic E-state index is 12.2. The van der Waals surface area contributed by atoms with E-state index in [4.69, 9.17) is 9.47 Å². The maximum Gasteiger partial charge on any atom is 0.308 e. The van der Waals surface area contributed by atoms with Crippen LogP contribution in [0.5, 0.6) is 0 Å². The van der Waals surface area contributed by atoms with Gasteiger partial charge in [-0.25, -0.2) is 0 Å². The van der Waals surface area contributed by atoms with E-state index in [1.54, 1.807) is 12.0 Å². The minimum absolute atomic E-state index is 0.0507. The lowest BCUT2D eigenvalue weighted by atomic mass is 10.1. The largest absolute Gasteiger partial charge is 0.461 e. The quantitative estimate of drug-likeness (QED) is 0.746. The average Bonchev–Trinajstić information content (AvgIpc) is 2.55. The summed E-state index contributed by atoms with van der Waals surface area (Å²) in [6.45, 7) is 2.58. The van der Waals surface area contributed by atoms with Gasteiger partial charge in [0.15, 0.2) is 0 Å². The summed E-state index contributed by atoms with van der Waals surface area (Å²) in [4.78, 5) is 25.9. The lowest BCUT2D eigenvalue weighted by molar-refractivity contribution is -0.149. The normalized spacial score (nSPS) is 18.3. The van der Waals surface area contributed by atoms with Crippen molar-refractivity contribution in [1.82, 2.24) is 10.2 Å². The molecule has 1 atom stereocenters. The minimum Gasteiger partial charge on any atom is -0.461 e. The molecule has 0 aliphatic carbocycles. The molecule has 1 saturated heterocycles. The number of ether oxygens (including phenoxy) is 2. The molecule has 1 aliphatic rings. The predicted molar refractivity (Wildman–Crippen MR) is 81.1 cm³/mol. The first-order valence-corrected chi connectivity index (χ1v) is 7.41. The van der Waals surface area contributed by atoms with Gasteiger partial charge in [-0.15, -0.1) is 0 Å². The van der Waals surface area contributed by atoms with Crippen LogP contribution in [0.1, 0.15) is 12.0 Å². The summed E-state index contributed by atoms with van der Waals surface area (Å²) in [5.41, 5.74) is 0.931. The lowest BCUT2D eigenvalue weighted by Gasteiger charge is -2.32. The molecule has 22 heavy (non-hydrogen) atoms. The van der Waals surface area contributed by atoms with Gasteiger partial charge in [-0.3, -0.25) is 9.59 Å². The number of piperazine rings is 1. The SMILES string of the molecule is COCCN1CCNC(CC(=O)OCc2ccccc2)C1=O. The Morgan fingerprint density at radius 3 is 2.86 bits per heavy atom. The van der Waals surface area contributed by atoms with Gasteiger partial charge in [0.2, 0.25) is 5.91 Å². The summed E-state index contributed by atoms with van der Waals surface area (Å²) < 4.78 is 10.2. The summed E-state index contributed by atoms with van der Waals surface area (Å²) in [5.74, 6) is -0.441. The molecule has 2 rings (SSSR count). The minimum atomic E-state index is -0.506. The summed E-state index contributed by atoms with van der Waals surface area (Å²) in [5, 5.41) is 3.07. The summed E-state index contributed by atoms with van der Waals surface area (Å²) in [6, 6.07) is 8.97. The van der Waals surface area contributed by atoms with Crippen LogP contribution in [0, 0.1) is 0 Å². The van der Waals surface area contributed by atoms with Gasteiger partial charge in [0.1, 0.15) is 6.61 Å². The van der Waals surface area contributed by atoms with Crippen molar-refractivity contribution in [2.24, 2.45) is 0 Å². The second-order valence-electron chi connectivity index (χ2n) is 5.18. The number of hydrogen-bond donors (Lipinski definition) is 1. The number of carbonyl (C=O) groups excluding carboxylic acids is 2. The standard InChI is InChI=1S/C16H22N2O4/c1-21-10-9-18-8-7-17-14(16(18)20)11-15(19)22-12-13-5-3-2-4-6-13/h2-6,14,17H,7-12H2,1H3. The molecule has 0 bridgehead atoms. The van der Waals surface area contributed by atoms with Crippen LogP contribution in [0.4, 0.5) is 0 Å². The zero-order valence-electron chi connectivity index (χ0n) is 12.8. The molecular formula is C16H22N2O4. The molecular weight excluding hydrogens is 284 g/mol. The first-order valence-electron chi connectivity index (χ1n) is 7.41. The van der Waals surface area contributed by atoms with Crippen molar-refractivity contribution in [3.8, 4) is 0 Å². The summed E-state index contributed by atoms with van der Waals surface area (Å²) in [7, 11) is 1.60. The fourth-order valence-electron chi connectivity index (χ4n) is 2.34. The number of amides is 1. The van der Waals surface area contributed by atoms with E-state index >= 15 is 0 Å². The molecule has 1 amide bonds. The molecule has 0 spiro atoms. The van der Waals surface area contributed by atoms with E-state index in [1.165, 1.54) is 0 Å². The smallest absolute Gasteiger partial charge is 0.308 e. The third-order valence-electron chi connectivity index (χ3n) is 3.56. The monoisotopic (exact) mass is 306 g/mol. The third-order valence-corrected chi connectivity index (χ3v) is 3.56. The van der Waals surface area contributed by atoms with Gasteiger partial charge in [-0.05, 0) is 5.56 Å². The van der Waals surface area contributed by atoms with E-state index in [1.807, 2.05) is 30.3 Å². The van der Waals surface area contributed by atoms with Crippen LogP contribution < -0.4 is 5.32 Å². The Morgan fingerprint density at radius 2 is 2.14 bits per heavy atom. The van der Waals surface area contributed by atoms with Gasteiger partial charge in [-0.1, -0.05) is 30.3 Å². The first-order chi connectivity index (χ1) is 10.7. The van der Waals surface area contributed by atoms with Gasteiger partial charge < -0.3 is 19.7 Å². The molecule has 1 heterocycles. The molecule has 1 fully saturated rings. The fraction of sp³-hybridized carbons (Fsp3) is 0.500. The molecule has 0 radical (unpaired) electrons. The van der Waals surface area contributed by atoms with Crippen molar-refractivity contribution in [3.63, 3.8) is 0 Å². The van der Waals surface area contributed by atoms with E-state index in [2.05, 4.69) is 5.32 Å². The van der Waals surface area contributed by atoms with Crippen molar-refractivity contribution < 1.29 is 19.1 Å². The average molecular weight is 306 g/mol. The molecule has 1 aliphatic heterocycles. The van der Waals surface area contributed by atoms with Crippen LogP contribution in [0.2, 0.25) is 0 Å². The number of methoxy groups -OCH3 is 1. The van der Waals surface area contributed by atoms with Crippen LogP contribution in [-0.4, -0.2) is 56.2 Å². The molecule has 1 unspecified atom stereocenters. The van der Waals surface area contributed by atoms with Crippen LogP contribution in [0.15, 0.2) is 30.3 Å². The Kier molecular flexibility index (Phi) is 6.36. The first kappa shape index (κ1) is 16.5. The number of carbonyl (C=O) groups is 2. The van der Waals surface area contributed by atoms with Gasteiger partial charge in [0.05, 0.1) is 19.1 Å². The van der Waals surface area contributed by atoms with Crippen molar-refractivity contribution in [3.05, 3.63) is 35.9 Å². The Morgan fingerprint density at radius 1 is 1.36 bits per heavy atom. The molecule has 0 aromatic heterocycles. The van der Waals surface area contributed by atoms with E-state index in [9.17, 15) is 9.59 Å². The molecule has 1 N–H and O–H groups in total. The summed E-state index contributed by atoms with van der Waals surface area (Å²) in [6.07, 6.45) is 0.0507. The Labute approximate surface area is 130 Å². The predicted octanol–water partition coefficient (Wildman–Crippen LogP) is 0.567. The van der Waals surface area contributed by atoms with Crippen LogP contribution in [-0.2, 0) is 25.7 Å². The zero-order valence-corrected chi connectivity index (χ0v) is 12.8. The van der Waals surface area contributed by atoms with Gasteiger partial charge in [0, 0.05) is 26.7 Å². The molecule has 1 aromatic carbocycles. The number of hydrogen-bond acceptors (Lipinski definition) is 5. The topological polar surface area (TPSA) is 67.9 Å². The number of nitrogens with zero attached hydrogens (tertiary/aromatic N) is 1. The molecule has 6 heteroatoms. The van der Waals surface area contributed by atoms with Crippen molar-refractivity contribution >= 4 is 11.9 Å². The lowest BCUT2D eigenvalue weighted by Crippen LogP contribution is -2.56. The van der Waals surface area contributed by atoms with E-state index in [0.29, 0.717) is 26.2 Å².